The minimum Gasteiger partial charge on any atom is -0.309 e. The van der Waals surface area contributed by atoms with E-state index in [4.69, 9.17) is 11.6 Å². The number of nitrogens with one attached hydrogen (secondary N) is 1. The van der Waals surface area contributed by atoms with Crippen LogP contribution in [0.3, 0.4) is 0 Å². The fraction of sp³-hybridized carbons (Fsp3) is 0.333. The van der Waals surface area contributed by atoms with Crippen molar-refractivity contribution in [3.8, 4) is 5.69 Å². The molecule has 96 valence electrons. The molecule has 2 aromatic rings. The van der Waals surface area contributed by atoms with Gasteiger partial charge in [0.15, 0.2) is 0 Å². The summed E-state index contributed by atoms with van der Waals surface area (Å²) in [5.74, 6) is 0. The zero-order valence-electron chi connectivity index (χ0n) is 10.2. The molecular formula is C12H14BrClN4. The maximum Gasteiger partial charge on any atom is 0.0810 e. The molecule has 0 atom stereocenters. The topological polar surface area (TPSA) is 42.7 Å². The van der Waals surface area contributed by atoms with Crippen molar-refractivity contribution in [2.75, 3.05) is 0 Å². The number of rotatable bonds is 4. The molecule has 1 aromatic heterocycles. The van der Waals surface area contributed by atoms with Crippen molar-refractivity contribution < 1.29 is 0 Å². The second-order valence-electron chi connectivity index (χ2n) is 4.27. The lowest BCUT2D eigenvalue weighted by atomic mass is 10.3. The Balaban J connectivity index is 2.30. The molecule has 0 fully saturated rings. The van der Waals surface area contributed by atoms with Crippen LogP contribution in [-0.2, 0) is 6.54 Å². The van der Waals surface area contributed by atoms with Crippen LogP contribution in [0, 0.1) is 0 Å². The molecule has 0 aliphatic heterocycles. The molecule has 1 heterocycles. The van der Waals surface area contributed by atoms with Crippen LogP contribution in [0.1, 0.15) is 19.5 Å². The molecule has 0 aliphatic rings. The molecule has 0 aliphatic carbocycles. The summed E-state index contributed by atoms with van der Waals surface area (Å²) in [5, 5.41) is 12.1. The Morgan fingerprint density at radius 3 is 2.89 bits per heavy atom. The summed E-state index contributed by atoms with van der Waals surface area (Å²) in [4.78, 5) is 0. The van der Waals surface area contributed by atoms with Gasteiger partial charge >= 0.3 is 0 Å². The average Bonchev–Trinajstić information content (AvgIpc) is 2.74. The van der Waals surface area contributed by atoms with E-state index in [2.05, 4.69) is 45.4 Å². The first kappa shape index (κ1) is 13.5. The first-order valence-corrected chi connectivity index (χ1v) is 6.83. The fourth-order valence-corrected chi connectivity index (χ4v) is 2.39. The zero-order chi connectivity index (χ0) is 13.1. The summed E-state index contributed by atoms with van der Waals surface area (Å²) in [5.41, 5.74) is 1.93. The van der Waals surface area contributed by atoms with Crippen molar-refractivity contribution in [1.29, 1.82) is 0 Å². The predicted octanol–water partition coefficient (Wildman–Crippen LogP) is 3.18. The zero-order valence-corrected chi connectivity index (χ0v) is 12.5. The van der Waals surface area contributed by atoms with Gasteiger partial charge in [0, 0.05) is 22.1 Å². The SMILES string of the molecule is CC(C)NCc1cnnn1-c1ccc(Cl)cc1Br. The fourth-order valence-electron chi connectivity index (χ4n) is 1.54. The second kappa shape index (κ2) is 5.82. The normalized spacial score (nSPS) is 11.2. The van der Waals surface area contributed by atoms with E-state index < -0.39 is 0 Å². The van der Waals surface area contributed by atoms with Crippen molar-refractivity contribution >= 4 is 27.5 Å². The van der Waals surface area contributed by atoms with E-state index in [0.29, 0.717) is 11.1 Å². The van der Waals surface area contributed by atoms with E-state index in [1.165, 1.54) is 0 Å². The van der Waals surface area contributed by atoms with E-state index in [1.807, 2.05) is 18.2 Å². The highest BCUT2D eigenvalue weighted by atomic mass is 79.9. The highest BCUT2D eigenvalue weighted by Gasteiger charge is 2.10. The Morgan fingerprint density at radius 2 is 2.22 bits per heavy atom. The van der Waals surface area contributed by atoms with Gasteiger partial charge in [-0.3, -0.25) is 0 Å². The minimum absolute atomic E-state index is 0.419. The Kier molecular flexibility index (Phi) is 4.37. The Morgan fingerprint density at radius 1 is 1.44 bits per heavy atom. The molecule has 1 N–H and O–H groups in total. The van der Waals surface area contributed by atoms with E-state index in [1.54, 1.807) is 10.9 Å². The number of hydrogen-bond acceptors (Lipinski definition) is 3. The van der Waals surface area contributed by atoms with Gasteiger partial charge in [-0.05, 0) is 34.1 Å². The summed E-state index contributed by atoms with van der Waals surface area (Å²) in [6.45, 7) is 4.93. The van der Waals surface area contributed by atoms with Gasteiger partial charge in [-0.2, -0.15) is 0 Å². The summed E-state index contributed by atoms with van der Waals surface area (Å²) in [6.07, 6.45) is 1.76. The quantitative estimate of drug-likeness (QED) is 0.937. The lowest BCUT2D eigenvalue weighted by Crippen LogP contribution is -2.23. The van der Waals surface area contributed by atoms with Crippen molar-refractivity contribution in [3.63, 3.8) is 0 Å². The van der Waals surface area contributed by atoms with E-state index in [9.17, 15) is 0 Å². The summed E-state index contributed by atoms with van der Waals surface area (Å²) in [6, 6.07) is 6.02. The molecule has 0 bridgehead atoms. The van der Waals surface area contributed by atoms with Crippen molar-refractivity contribution in [2.24, 2.45) is 0 Å². The molecule has 2 rings (SSSR count). The number of hydrogen-bond donors (Lipinski definition) is 1. The van der Waals surface area contributed by atoms with Crippen LogP contribution < -0.4 is 5.32 Å². The molecule has 0 amide bonds. The summed E-state index contributed by atoms with van der Waals surface area (Å²) >= 11 is 9.42. The van der Waals surface area contributed by atoms with E-state index in [-0.39, 0.29) is 0 Å². The van der Waals surface area contributed by atoms with Gasteiger partial charge in [-0.15, -0.1) is 5.10 Å². The number of halogens is 2. The van der Waals surface area contributed by atoms with Crippen LogP contribution in [0.4, 0.5) is 0 Å². The third kappa shape index (κ3) is 3.10. The second-order valence-corrected chi connectivity index (χ2v) is 5.56. The van der Waals surface area contributed by atoms with Gasteiger partial charge in [0.25, 0.3) is 0 Å². The molecule has 0 radical (unpaired) electrons. The Bertz CT molecular complexity index is 539. The van der Waals surface area contributed by atoms with Crippen LogP contribution in [0.25, 0.3) is 5.69 Å². The molecule has 0 unspecified atom stereocenters. The highest BCUT2D eigenvalue weighted by Crippen LogP contribution is 2.25. The largest absolute Gasteiger partial charge is 0.309 e. The minimum atomic E-state index is 0.419. The molecule has 1 aromatic carbocycles. The van der Waals surface area contributed by atoms with Crippen molar-refractivity contribution in [1.82, 2.24) is 20.3 Å². The predicted molar refractivity (Wildman–Crippen MR) is 76.0 cm³/mol. The average molecular weight is 330 g/mol. The first-order valence-electron chi connectivity index (χ1n) is 5.66. The summed E-state index contributed by atoms with van der Waals surface area (Å²) in [7, 11) is 0. The maximum absolute atomic E-state index is 5.93. The van der Waals surface area contributed by atoms with Gasteiger partial charge in [-0.25, -0.2) is 4.68 Å². The van der Waals surface area contributed by atoms with Gasteiger partial charge in [-0.1, -0.05) is 30.7 Å². The number of aromatic nitrogens is 3. The lowest BCUT2D eigenvalue weighted by molar-refractivity contribution is 0.570. The smallest absolute Gasteiger partial charge is 0.0810 e. The Hall–Kier alpha value is -0.910. The first-order chi connectivity index (χ1) is 8.58. The van der Waals surface area contributed by atoms with Crippen LogP contribution in [0.5, 0.6) is 0 Å². The molecule has 6 heteroatoms. The third-order valence-electron chi connectivity index (χ3n) is 2.45. The van der Waals surface area contributed by atoms with Crippen LogP contribution >= 0.6 is 27.5 Å². The van der Waals surface area contributed by atoms with Gasteiger partial charge < -0.3 is 5.32 Å². The molecule has 0 saturated carbocycles. The Labute approximate surface area is 119 Å². The van der Waals surface area contributed by atoms with Crippen molar-refractivity contribution in [3.05, 3.63) is 39.6 Å². The third-order valence-corrected chi connectivity index (χ3v) is 3.32. The number of benzene rings is 1. The molecular weight excluding hydrogens is 316 g/mol. The molecule has 4 nitrogen and oxygen atoms in total. The molecule has 0 spiro atoms. The van der Waals surface area contributed by atoms with Crippen LogP contribution in [-0.4, -0.2) is 21.0 Å². The molecule has 18 heavy (non-hydrogen) atoms. The van der Waals surface area contributed by atoms with Crippen LogP contribution in [0.2, 0.25) is 5.02 Å². The van der Waals surface area contributed by atoms with Gasteiger partial charge in [0.05, 0.1) is 17.6 Å². The summed E-state index contributed by atoms with van der Waals surface area (Å²) < 4.78 is 2.70. The van der Waals surface area contributed by atoms with E-state index >= 15 is 0 Å². The van der Waals surface area contributed by atoms with Crippen LogP contribution in [0.15, 0.2) is 28.9 Å². The van der Waals surface area contributed by atoms with E-state index in [0.717, 1.165) is 22.4 Å². The number of nitrogens with zero attached hydrogens (tertiary/aromatic N) is 3. The maximum atomic E-state index is 5.93. The highest BCUT2D eigenvalue weighted by molar-refractivity contribution is 9.10. The lowest BCUT2D eigenvalue weighted by Gasteiger charge is -2.11. The standard InChI is InChI=1S/C12H14BrClN4/c1-8(2)15-6-10-7-16-17-18(10)12-4-3-9(14)5-11(12)13/h3-5,7-8,15H,6H2,1-2H3. The van der Waals surface area contributed by atoms with Crippen molar-refractivity contribution in [2.45, 2.75) is 26.4 Å². The van der Waals surface area contributed by atoms with Gasteiger partial charge in [0.2, 0.25) is 0 Å². The monoisotopic (exact) mass is 328 g/mol. The molecule has 0 saturated heterocycles. The van der Waals surface area contributed by atoms with Gasteiger partial charge in [0.1, 0.15) is 0 Å².